The van der Waals surface area contributed by atoms with Crippen molar-refractivity contribution in [2.75, 3.05) is 10.7 Å². The molecule has 7 heteroatoms. The third-order valence-electron chi connectivity index (χ3n) is 5.11. The lowest BCUT2D eigenvalue weighted by Crippen LogP contribution is -2.02. The van der Waals surface area contributed by atoms with E-state index in [1.807, 2.05) is 48.5 Å². The van der Waals surface area contributed by atoms with Crippen LogP contribution in [0.25, 0.3) is 11.1 Å². The summed E-state index contributed by atoms with van der Waals surface area (Å²) in [4.78, 5) is 7.68. The van der Waals surface area contributed by atoms with Crippen molar-refractivity contribution in [1.82, 2.24) is 9.97 Å². The molecule has 4 rings (SSSR count). The topological polar surface area (TPSA) is 82.4 Å². The average Bonchev–Trinajstić information content (AvgIpc) is 2.82. The molecule has 0 fully saturated rings. The summed E-state index contributed by atoms with van der Waals surface area (Å²) in [6, 6.07) is 21.4. The van der Waals surface area contributed by atoms with Gasteiger partial charge in [0.05, 0.1) is 18.6 Å². The molecule has 6 nitrogen and oxygen atoms in total. The molecule has 0 amide bonds. The van der Waals surface area contributed by atoms with E-state index in [0.717, 1.165) is 52.4 Å². The monoisotopic (exact) mass is 455 g/mol. The standard InChI is InChI=1S/C27H26FN5O/c1-18(2)12-22-13-25(11-8-21(22)15-31-33-27-29-16-23(28)17-30-27)32-24-9-6-19(7-10-24)20-4-3-5-26(34)14-20/h3-11,13-18,32,34H,12H2,1-2H3,(H,29,30,33)/b31-15+. The number of phenols is 1. The smallest absolute Gasteiger partial charge is 0.243 e. The van der Waals surface area contributed by atoms with Crippen LogP contribution in [-0.4, -0.2) is 21.3 Å². The van der Waals surface area contributed by atoms with Gasteiger partial charge >= 0.3 is 0 Å². The summed E-state index contributed by atoms with van der Waals surface area (Å²) in [7, 11) is 0. The molecule has 0 saturated heterocycles. The van der Waals surface area contributed by atoms with Crippen LogP contribution in [0.15, 0.2) is 84.2 Å². The van der Waals surface area contributed by atoms with Gasteiger partial charge in [0.15, 0.2) is 5.82 Å². The van der Waals surface area contributed by atoms with E-state index in [9.17, 15) is 9.50 Å². The van der Waals surface area contributed by atoms with Gasteiger partial charge in [-0.05, 0) is 71.0 Å². The number of hydrazone groups is 1. The van der Waals surface area contributed by atoms with Crippen molar-refractivity contribution >= 4 is 23.5 Å². The van der Waals surface area contributed by atoms with Gasteiger partial charge < -0.3 is 10.4 Å². The van der Waals surface area contributed by atoms with Crippen LogP contribution in [-0.2, 0) is 6.42 Å². The van der Waals surface area contributed by atoms with Gasteiger partial charge in [0.1, 0.15) is 5.75 Å². The van der Waals surface area contributed by atoms with Crippen molar-refractivity contribution in [2.24, 2.45) is 11.0 Å². The van der Waals surface area contributed by atoms with Crippen LogP contribution in [0.3, 0.4) is 0 Å². The molecule has 4 aromatic rings. The fraction of sp³-hybridized carbons (Fsp3) is 0.148. The number of rotatable bonds is 8. The van der Waals surface area contributed by atoms with E-state index in [2.05, 4.69) is 45.7 Å². The first-order chi connectivity index (χ1) is 16.5. The van der Waals surface area contributed by atoms with Gasteiger partial charge in [-0.3, -0.25) is 0 Å². The molecule has 0 aliphatic heterocycles. The second-order valence-corrected chi connectivity index (χ2v) is 8.36. The highest BCUT2D eigenvalue weighted by Gasteiger charge is 2.07. The molecule has 0 spiro atoms. The molecule has 0 bridgehead atoms. The first-order valence-corrected chi connectivity index (χ1v) is 11.0. The lowest BCUT2D eigenvalue weighted by molar-refractivity contribution is 0.475. The van der Waals surface area contributed by atoms with E-state index in [4.69, 9.17) is 0 Å². The Morgan fingerprint density at radius 3 is 2.38 bits per heavy atom. The Labute approximate surface area is 198 Å². The zero-order valence-electron chi connectivity index (χ0n) is 19.0. The van der Waals surface area contributed by atoms with Gasteiger partial charge in [0.25, 0.3) is 0 Å². The number of aromatic nitrogens is 2. The third kappa shape index (κ3) is 6.16. The van der Waals surface area contributed by atoms with Crippen molar-refractivity contribution in [3.05, 3.63) is 96.1 Å². The number of hydrogen-bond acceptors (Lipinski definition) is 6. The second kappa shape index (κ2) is 10.6. The Morgan fingerprint density at radius 1 is 0.941 bits per heavy atom. The van der Waals surface area contributed by atoms with Crippen LogP contribution in [0, 0.1) is 11.7 Å². The number of nitrogens with one attached hydrogen (secondary N) is 2. The summed E-state index contributed by atoms with van der Waals surface area (Å²) < 4.78 is 12.9. The van der Waals surface area contributed by atoms with Crippen LogP contribution in [0.5, 0.6) is 5.75 Å². The first kappa shape index (κ1) is 22.9. The largest absolute Gasteiger partial charge is 0.508 e. The van der Waals surface area contributed by atoms with E-state index in [0.29, 0.717) is 5.92 Å². The molecule has 3 N–H and O–H groups in total. The van der Waals surface area contributed by atoms with Gasteiger partial charge in [-0.15, -0.1) is 0 Å². The summed E-state index contributed by atoms with van der Waals surface area (Å²) in [6.45, 7) is 4.34. The Bertz CT molecular complexity index is 1270. The second-order valence-electron chi connectivity index (χ2n) is 8.36. The van der Waals surface area contributed by atoms with E-state index >= 15 is 0 Å². The summed E-state index contributed by atoms with van der Waals surface area (Å²) >= 11 is 0. The number of anilines is 3. The van der Waals surface area contributed by atoms with Crippen LogP contribution in [0.4, 0.5) is 21.7 Å². The highest BCUT2D eigenvalue weighted by atomic mass is 19.1. The fourth-order valence-electron chi connectivity index (χ4n) is 3.55. The van der Waals surface area contributed by atoms with Crippen LogP contribution < -0.4 is 10.7 Å². The average molecular weight is 456 g/mol. The first-order valence-electron chi connectivity index (χ1n) is 11.0. The van der Waals surface area contributed by atoms with Crippen molar-refractivity contribution in [3.8, 4) is 16.9 Å². The summed E-state index contributed by atoms with van der Waals surface area (Å²) in [6.07, 6.45) is 4.79. The van der Waals surface area contributed by atoms with Crippen molar-refractivity contribution < 1.29 is 9.50 Å². The van der Waals surface area contributed by atoms with Crippen LogP contribution in [0.1, 0.15) is 25.0 Å². The zero-order chi connectivity index (χ0) is 23.9. The Morgan fingerprint density at radius 2 is 1.68 bits per heavy atom. The molecule has 172 valence electrons. The molecule has 34 heavy (non-hydrogen) atoms. The molecule has 1 heterocycles. The quantitative estimate of drug-likeness (QED) is 0.212. The lowest BCUT2D eigenvalue weighted by atomic mass is 9.97. The van der Waals surface area contributed by atoms with Crippen molar-refractivity contribution in [1.29, 1.82) is 0 Å². The molecule has 0 radical (unpaired) electrons. The SMILES string of the molecule is CC(C)Cc1cc(Nc2ccc(-c3cccc(O)c3)cc2)ccc1/C=N/Nc1ncc(F)cn1. The number of aromatic hydroxyl groups is 1. The van der Waals surface area contributed by atoms with Crippen LogP contribution >= 0.6 is 0 Å². The maximum atomic E-state index is 12.9. The van der Waals surface area contributed by atoms with Gasteiger partial charge in [0, 0.05) is 11.4 Å². The molecule has 0 atom stereocenters. The molecule has 0 unspecified atom stereocenters. The van der Waals surface area contributed by atoms with Gasteiger partial charge in [-0.2, -0.15) is 5.10 Å². The lowest BCUT2D eigenvalue weighted by Gasteiger charge is -2.13. The molecule has 0 aliphatic carbocycles. The van der Waals surface area contributed by atoms with Crippen molar-refractivity contribution in [2.45, 2.75) is 20.3 Å². The molecule has 3 aromatic carbocycles. The molecule has 0 aliphatic rings. The summed E-state index contributed by atoms with van der Waals surface area (Å²) in [5.74, 6) is 0.458. The van der Waals surface area contributed by atoms with E-state index in [1.165, 1.54) is 0 Å². The predicted molar refractivity (Wildman–Crippen MR) is 135 cm³/mol. The number of phenolic OH excluding ortho intramolecular Hbond substituents is 1. The Kier molecular flexibility index (Phi) is 7.13. The summed E-state index contributed by atoms with van der Waals surface area (Å²) in [5, 5.41) is 17.4. The highest BCUT2D eigenvalue weighted by Crippen LogP contribution is 2.27. The number of hydrogen-bond donors (Lipinski definition) is 3. The fourth-order valence-corrected chi connectivity index (χ4v) is 3.55. The Balaban J connectivity index is 1.48. The molecule has 1 aromatic heterocycles. The minimum absolute atomic E-state index is 0.232. The van der Waals surface area contributed by atoms with Crippen molar-refractivity contribution in [3.63, 3.8) is 0 Å². The normalized spacial score (nSPS) is 11.2. The van der Waals surface area contributed by atoms with Gasteiger partial charge in [0.2, 0.25) is 5.95 Å². The third-order valence-corrected chi connectivity index (χ3v) is 5.11. The Hall–Kier alpha value is -4.26. The number of halogens is 1. The molecular formula is C27H26FN5O. The predicted octanol–water partition coefficient (Wildman–Crippen LogP) is 6.38. The van der Waals surface area contributed by atoms with Crippen LogP contribution in [0.2, 0.25) is 0 Å². The van der Waals surface area contributed by atoms with Gasteiger partial charge in [-0.1, -0.05) is 44.2 Å². The summed E-state index contributed by atoms with van der Waals surface area (Å²) in [5.41, 5.74) is 8.81. The molecule has 0 saturated carbocycles. The van der Waals surface area contributed by atoms with E-state index in [-0.39, 0.29) is 11.7 Å². The van der Waals surface area contributed by atoms with E-state index < -0.39 is 5.82 Å². The number of nitrogens with zero attached hydrogens (tertiary/aromatic N) is 3. The molecular weight excluding hydrogens is 429 g/mol. The maximum Gasteiger partial charge on any atom is 0.243 e. The van der Waals surface area contributed by atoms with E-state index in [1.54, 1.807) is 18.3 Å². The highest BCUT2D eigenvalue weighted by molar-refractivity contribution is 5.83. The zero-order valence-corrected chi connectivity index (χ0v) is 19.0. The maximum absolute atomic E-state index is 12.9. The van der Waals surface area contributed by atoms with Gasteiger partial charge in [-0.25, -0.2) is 19.8 Å². The minimum Gasteiger partial charge on any atom is -0.508 e. The minimum atomic E-state index is -0.495. The number of benzene rings is 3.